The number of amides is 2. The van der Waals surface area contributed by atoms with Gasteiger partial charge in [0.05, 0.1) is 11.0 Å². The third kappa shape index (κ3) is 5.33. The van der Waals surface area contributed by atoms with Gasteiger partial charge in [-0.1, -0.05) is 0 Å². The molecule has 2 aromatic rings. The first kappa shape index (κ1) is 22.8. The fraction of sp³-hybridized carbons (Fsp3) is 0.476. The maximum atomic E-state index is 14.4. The number of ether oxygens (including phenoxy) is 1. The molecule has 2 N–H and O–H groups in total. The molecule has 0 radical (unpaired) electrons. The van der Waals surface area contributed by atoms with Gasteiger partial charge in [0.15, 0.2) is 0 Å². The number of hydrogen-bond donors (Lipinski definition) is 2. The lowest BCUT2D eigenvalue weighted by molar-refractivity contribution is -0.384. The Balaban J connectivity index is 1.53. The van der Waals surface area contributed by atoms with Gasteiger partial charge in [-0.2, -0.15) is 4.98 Å². The van der Waals surface area contributed by atoms with E-state index in [0.29, 0.717) is 39.1 Å². The Bertz CT molecular complexity index is 1030. The summed E-state index contributed by atoms with van der Waals surface area (Å²) in [4.78, 5) is 33.1. The van der Waals surface area contributed by atoms with Crippen LogP contribution in [-0.4, -0.2) is 47.2 Å². The van der Waals surface area contributed by atoms with E-state index >= 15 is 0 Å². The average Bonchev–Trinajstić information content (AvgIpc) is 3.29. The molecule has 1 aromatic heterocycles. The van der Waals surface area contributed by atoms with Crippen molar-refractivity contribution in [3.63, 3.8) is 0 Å². The predicted molar refractivity (Wildman–Crippen MR) is 115 cm³/mol. The quantitative estimate of drug-likeness (QED) is 0.497. The van der Waals surface area contributed by atoms with E-state index in [1.54, 1.807) is 4.90 Å². The van der Waals surface area contributed by atoms with Gasteiger partial charge in [0, 0.05) is 31.9 Å². The molecule has 1 aromatic carbocycles. The van der Waals surface area contributed by atoms with Gasteiger partial charge in [0.1, 0.15) is 17.8 Å². The second kappa shape index (κ2) is 10.0. The maximum absolute atomic E-state index is 14.4. The highest BCUT2D eigenvalue weighted by atomic mass is 19.1. The van der Waals surface area contributed by atoms with Crippen LogP contribution < -0.4 is 15.5 Å². The van der Waals surface area contributed by atoms with Crippen molar-refractivity contribution in [2.75, 3.05) is 36.5 Å². The van der Waals surface area contributed by atoms with Crippen LogP contribution in [0.15, 0.2) is 24.4 Å². The fourth-order valence-electron chi connectivity index (χ4n) is 4.17. The molecule has 1 atom stereocenters. The van der Waals surface area contributed by atoms with E-state index in [1.165, 1.54) is 0 Å². The van der Waals surface area contributed by atoms with E-state index in [4.69, 9.17) is 4.74 Å². The standard InChI is InChI=1S/C21H24F2N6O4/c22-14-3-4-16(23)15(10-14)17-2-1-7-28(17)20-24-12-18(29(31)32)19(26-20)27-21(30)25-11-13-5-8-33-9-6-13/h3-4,10,12-13,17H,1-2,5-9,11H2,(H2,24,25,26,27,30)/t17-/m1/s1. The Morgan fingerprint density at radius 3 is 2.82 bits per heavy atom. The van der Waals surface area contributed by atoms with Gasteiger partial charge < -0.3 is 15.0 Å². The molecular formula is C21H24F2N6O4. The predicted octanol–water partition coefficient (Wildman–Crippen LogP) is 3.55. The minimum absolute atomic E-state index is 0.0893. The van der Waals surface area contributed by atoms with E-state index < -0.39 is 34.3 Å². The minimum Gasteiger partial charge on any atom is -0.381 e. The van der Waals surface area contributed by atoms with Crippen LogP contribution in [0.2, 0.25) is 0 Å². The first-order valence-electron chi connectivity index (χ1n) is 10.8. The summed E-state index contributed by atoms with van der Waals surface area (Å²) < 4.78 is 33.4. The number of nitrogens with one attached hydrogen (secondary N) is 2. The zero-order valence-electron chi connectivity index (χ0n) is 17.8. The van der Waals surface area contributed by atoms with E-state index in [1.807, 2.05) is 0 Å². The molecular weight excluding hydrogens is 438 g/mol. The Hall–Kier alpha value is -3.41. The Labute approximate surface area is 188 Å². The van der Waals surface area contributed by atoms with Gasteiger partial charge in [-0.05, 0) is 49.8 Å². The number of rotatable bonds is 6. The summed E-state index contributed by atoms with van der Waals surface area (Å²) in [6.07, 6.45) is 3.87. The summed E-state index contributed by atoms with van der Waals surface area (Å²) in [6.45, 7) is 2.14. The van der Waals surface area contributed by atoms with Crippen LogP contribution in [0.5, 0.6) is 0 Å². The minimum atomic E-state index is -0.689. The van der Waals surface area contributed by atoms with Crippen molar-refractivity contribution < 1.29 is 23.2 Å². The van der Waals surface area contributed by atoms with Crippen molar-refractivity contribution in [2.24, 2.45) is 5.92 Å². The van der Waals surface area contributed by atoms with Crippen LogP contribution in [0.1, 0.15) is 37.3 Å². The normalized spacial score (nSPS) is 18.8. The van der Waals surface area contributed by atoms with Gasteiger partial charge in [0.25, 0.3) is 0 Å². The fourth-order valence-corrected chi connectivity index (χ4v) is 4.17. The number of benzene rings is 1. The van der Waals surface area contributed by atoms with Crippen LogP contribution in [-0.2, 0) is 4.74 Å². The molecule has 0 spiro atoms. The molecule has 0 aliphatic carbocycles. The topological polar surface area (TPSA) is 123 Å². The molecule has 176 valence electrons. The van der Waals surface area contributed by atoms with Crippen molar-refractivity contribution in [3.8, 4) is 0 Å². The first-order chi connectivity index (χ1) is 15.9. The largest absolute Gasteiger partial charge is 0.381 e. The molecule has 2 aliphatic heterocycles. The van der Waals surface area contributed by atoms with Gasteiger partial charge in [-0.25, -0.2) is 18.6 Å². The molecule has 2 fully saturated rings. The van der Waals surface area contributed by atoms with Crippen LogP contribution in [0.25, 0.3) is 0 Å². The third-order valence-electron chi connectivity index (χ3n) is 5.90. The van der Waals surface area contributed by atoms with Crippen molar-refractivity contribution in [3.05, 3.63) is 51.7 Å². The second-order valence-electron chi connectivity index (χ2n) is 8.07. The van der Waals surface area contributed by atoms with E-state index in [-0.39, 0.29) is 23.2 Å². The molecule has 2 aliphatic rings. The molecule has 12 heteroatoms. The van der Waals surface area contributed by atoms with Crippen molar-refractivity contribution in [1.82, 2.24) is 15.3 Å². The molecule has 2 amide bonds. The average molecular weight is 462 g/mol. The molecule has 0 bridgehead atoms. The molecule has 2 saturated heterocycles. The number of aromatic nitrogens is 2. The number of nitrogens with zero attached hydrogens (tertiary/aromatic N) is 4. The van der Waals surface area contributed by atoms with Crippen molar-refractivity contribution in [1.29, 1.82) is 0 Å². The zero-order chi connectivity index (χ0) is 23.4. The summed E-state index contributed by atoms with van der Waals surface area (Å²) >= 11 is 0. The maximum Gasteiger partial charge on any atom is 0.330 e. The van der Waals surface area contributed by atoms with Crippen LogP contribution >= 0.6 is 0 Å². The van der Waals surface area contributed by atoms with Gasteiger partial charge in [0.2, 0.25) is 11.8 Å². The summed E-state index contributed by atoms with van der Waals surface area (Å²) in [7, 11) is 0. The number of hydrogen-bond acceptors (Lipinski definition) is 7. The molecule has 3 heterocycles. The Morgan fingerprint density at radius 1 is 1.27 bits per heavy atom. The van der Waals surface area contributed by atoms with Crippen LogP contribution in [0, 0.1) is 27.7 Å². The molecule has 0 saturated carbocycles. The highest BCUT2D eigenvalue weighted by Gasteiger charge is 2.32. The number of urea groups is 1. The highest BCUT2D eigenvalue weighted by molar-refractivity contribution is 5.90. The smallest absolute Gasteiger partial charge is 0.330 e. The van der Waals surface area contributed by atoms with Gasteiger partial charge in [-0.15, -0.1) is 0 Å². The highest BCUT2D eigenvalue weighted by Crippen LogP contribution is 2.37. The van der Waals surface area contributed by atoms with Gasteiger partial charge >= 0.3 is 11.7 Å². The number of carbonyl (C=O) groups is 1. The SMILES string of the molecule is O=C(NCC1CCOCC1)Nc1nc(N2CCC[C@@H]2c2cc(F)ccc2F)ncc1[N+](=O)[O-]. The van der Waals surface area contributed by atoms with E-state index in [9.17, 15) is 23.7 Å². The van der Waals surface area contributed by atoms with Crippen molar-refractivity contribution >= 4 is 23.5 Å². The number of halogens is 2. The van der Waals surface area contributed by atoms with Gasteiger partial charge in [-0.3, -0.25) is 15.4 Å². The number of anilines is 2. The summed E-state index contributed by atoms with van der Waals surface area (Å²) in [5, 5.41) is 16.6. The van der Waals surface area contributed by atoms with Crippen molar-refractivity contribution in [2.45, 2.75) is 31.7 Å². The number of nitro groups is 1. The Kier molecular flexibility index (Phi) is 6.92. The second-order valence-corrected chi connectivity index (χ2v) is 8.07. The number of carbonyl (C=O) groups excluding carboxylic acids is 1. The third-order valence-corrected chi connectivity index (χ3v) is 5.90. The lowest BCUT2D eigenvalue weighted by Gasteiger charge is -2.25. The van der Waals surface area contributed by atoms with E-state index in [2.05, 4.69) is 20.6 Å². The lowest BCUT2D eigenvalue weighted by atomic mass is 10.0. The Morgan fingerprint density at radius 2 is 2.06 bits per heavy atom. The summed E-state index contributed by atoms with van der Waals surface area (Å²) in [5.74, 6) is -1.02. The van der Waals surface area contributed by atoms with E-state index in [0.717, 1.165) is 37.2 Å². The van der Waals surface area contributed by atoms with Crippen LogP contribution in [0.4, 0.5) is 31.0 Å². The lowest BCUT2D eigenvalue weighted by Crippen LogP contribution is -2.35. The monoisotopic (exact) mass is 462 g/mol. The zero-order valence-corrected chi connectivity index (χ0v) is 17.8. The summed E-state index contributed by atoms with van der Waals surface area (Å²) in [6, 6.07) is 2.09. The molecule has 0 unspecified atom stereocenters. The molecule has 4 rings (SSSR count). The van der Waals surface area contributed by atoms with Crippen LogP contribution in [0.3, 0.4) is 0 Å². The molecule has 10 nitrogen and oxygen atoms in total. The molecule has 33 heavy (non-hydrogen) atoms. The summed E-state index contributed by atoms with van der Waals surface area (Å²) in [5.41, 5.74) is -0.300. The first-order valence-corrected chi connectivity index (χ1v) is 10.8.